The van der Waals surface area contributed by atoms with Crippen LogP contribution in [0.15, 0.2) is 30.3 Å². The Bertz CT molecular complexity index is 418. The van der Waals surface area contributed by atoms with Gasteiger partial charge in [0.05, 0.1) is 13.2 Å². The Labute approximate surface area is 98.7 Å². The number of ether oxygens (including phenoxy) is 2. The van der Waals surface area contributed by atoms with E-state index in [1.165, 1.54) is 7.11 Å². The lowest BCUT2D eigenvalue weighted by Gasteiger charge is -2.14. The summed E-state index contributed by atoms with van der Waals surface area (Å²) in [4.78, 5) is 22.6. The molecule has 5 heteroatoms. The fourth-order valence-electron chi connectivity index (χ4n) is 1.81. The lowest BCUT2D eigenvalue weighted by Crippen LogP contribution is -2.38. The minimum Gasteiger partial charge on any atom is -0.466 e. The number of benzene rings is 1. The summed E-state index contributed by atoms with van der Waals surface area (Å²) in [6.07, 6.45) is -0.916. The van der Waals surface area contributed by atoms with Crippen LogP contribution in [0.1, 0.15) is 5.56 Å². The maximum absolute atomic E-state index is 11.4. The van der Waals surface area contributed by atoms with Crippen molar-refractivity contribution in [2.45, 2.75) is 18.6 Å². The number of rotatable bonds is 3. The smallest absolute Gasteiger partial charge is 0.408 e. The number of alkyl carbamates (subject to hydrolysis) is 1. The molecule has 2 atom stereocenters. The molecular weight excluding hydrogens is 222 g/mol. The summed E-state index contributed by atoms with van der Waals surface area (Å²) in [5.74, 6) is -0.538. The molecule has 5 nitrogen and oxygen atoms in total. The van der Waals surface area contributed by atoms with Gasteiger partial charge in [0.25, 0.3) is 0 Å². The highest BCUT2D eigenvalue weighted by molar-refractivity contribution is 5.83. The fourth-order valence-corrected chi connectivity index (χ4v) is 1.81. The highest BCUT2D eigenvalue weighted by Gasteiger charge is 2.40. The van der Waals surface area contributed by atoms with E-state index in [9.17, 15) is 9.59 Å². The van der Waals surface area contributed by atoms with Crippen molar-refractivity contribution in [2.24, 2.45) is 0 Å². The number of cyclic esters (lactones) is 1. The molecule has 1 amide bonds. The zero-order valence-electron chi connectivity index (χ0n) is 9.38. The first-order valence-corrected chi connectivity index (χ1v) is 5.29. The zero-order valence-corrected chi connectivity index (χ0v) is 9.38. The summed E-state index contributed by atoms with van der Waals surface area (Å²) < 4.78 is 9.47. The van der Waals surface area contributed by atoms with E-state index in [1.54, 1.807) is 0 Å². The van der Waals surface area contributed by atoms with E-state index in [1.807, 2.05) is 30.3 Å². The van der Waals surface area contributed by atoms with Crippen molar-refractivity contribution in [1.82, 2.24) is 5.32 Å². The number of carbonyl (C=O) groups excluding carboxylic acids is 2. The highest BCUT2D eigenvalue weighted by atomic mass is 16.6. The summed E-state index contributed by atoms with van der Waals surface area (Å²) in [5.41, 5.74) is 1.03. The van der Waals surface area contributed by atoms with Gasteiger partial charge in [0.1, 0.15) is 0 Å². The summed E-state index contributed by atoms with van der Waals surface area (Å²) >= 11 is 0. The topological polar surface area (TPSA) is 64.6 Å². The number of nitrogens with one attached hydrogen (secondary N) is 1. The highest BCUT2D eigenvalue weighted by Crippen LogP contribution is 2.15. The van der Waals surface area contributed by atoms with Crippen molar-refractivity contribution in [1.29, 1.82) is 0 Å². The van der Waals surface area contributed by atoms with Crippen LogP contribution in [0.25, 0.3) is 0 Å². The first-order valence-electron chi connectivity index (χ1n) is 5.29. The summed E-state index contributed by atoms with van der Waals surface area (Å²) in [7, 11) is 1.27. The minimum absolute atomic E-state index is 0.377. The standard InChI is InChI=1S/C12H13NO4/c1-16-11(14)10-9(13-12(15)17-10)7-8-5-3-2-4-6-8/h2-6,9-10H,7H2,1H3,(H,13,15)/t9-,10+/m0/s1. The monoisotopic (exact) mass is 235 g/mol. The average molecular weight is 235 g/mol. The Kier molecular flexibility index (Phi) is 3.27. The average Bonchev–Trinajstić information content (AvgIpc) is 2.70. The third-order valence-electron chi connectivity index (χ3n) is 2.63. The molecule has 1 aliphatic rings. The molecule has 1 fully saturated rings. The number of amides is 1. The molecule has 0 radical (unpaired) electrons. The first kappa shape index (κ1) is 11.4. The van der Waals surface area contributed by atoms with Crippen molar-refractivity contribution in [3.05, 3.63) is 35.9 Å². The Morgan fingerprint density at radius 2 is 2.12 bits per heavy atom. The number of esters is 1. The molecule has 0 spiro atoms. The van der Waals surface area contributed by atoms with Gasteiger partial charge in [0.2, 0.25) is 6.10 Å². The maximum Gasteiger partial charge on any atom is 0.408 e. The molecule has 0 saturated carbocycles. The second kappa shape index (κ2) is 4.86. The van der Waals surface area contributed by atoms with Gasteiger partial charge in [-0.2, -0.15) is 0 Å². The molecule has 17 heavy (non-hydrogen) atoms. The van der Waals surface area contributed by atoms with E-state index in [-0.39, 0.29) is 6.04 Å². The van der Waals surface area contributed by atoms with Gasteiger partial charge in [-0.3, -0.25) is 0 Å². The van der Waals surface area contributed by atoms with Crippen LogP contribution in [0, 0.1) is 0 Å². The summed E-state index contributed by atoms with van der Waals surface area (Å²) in [6, 6.07) is 9.19. The van der Waals surface area contributed by atoms with Crippen LogP contribution in [-0.4, -0.2) is 31.3 Å². The van der Waals surface area contributed by atoms with Crippen LogP contribution in [0.4, 0.5) is 4.79 Å². The Hall–Kier alpha value is -2.04. The second-order valence-electron chi connectivity index (χ2n) is 3.79. The fraction of sp³-hybridized carbons (Fsp3) is 0.333. The zero-order chi connectivity index (χ0) is 12.3. The molecule has 1 aliphatic heterocycles. The van der Waals surface area contributed by atoms with Gasteiger partial charge in [-0.05, 0) is 12.0 Å². The van der Waals surface area contributed by atoms with E-state index in [0.717, 1.165) is 5.56 Å². The van der Waals surface area contributed by atoms with Crippen LogP contribution in [0.5, 0.6) is 0 Å². The molecule has 90 valence electrons. The van der Waals surface area contributed by atoms with Crippen molar-refractivity contribution in [3.63, 3.8) is 0 Å². The molecular formula is C12H13NO4. The molecule has 2 rings (SSSR count). The molecule has 0 unspecified atom stereocenters. The molecule has 1 N–H and O–H groups in total. The number of methoxy groups -OCH3 is 1. The Morgan fingerprint density at radius 3 is 2.76 bits per heavy atom. The molecule has 1 saturated heterocycles. The Balaban J connectivity index is 2.08. The van der Waals surface area contributed by atoms with Gasteiger partial charge >= 0.3 is 12.1 Å². The SMILES string of the molecule is COC(=O)[C@@H]1OC(=O)N[C@H]1Cc1ccccc1. The van der Waals surface area contributed by atoms with Gasteiger partial charge < -0.3 is 14.8 Å². The third kappa shape index (κ3) is 2.55. The number of hydrogen-bond acceptors (Lipinski definition) is 4. The molecule has 1 aromatic rings. The summed E-state index contributed by atoms with van der Waals surface area (Å²) in [6.45, 7) is 0. The number of carbonyl (C=O) groups is 2. The van der Waals surface area contributed by atoms with Crippen LogP contribution in [0.2, 0.25) is 0 Å². The maximum atomic E-state index is 11.4. The predicted molar refractivity (Wildman–Crippen MR) is 59.4 cm³/mol. The van der Waals surface area contributed by atoms with Crippen LogP contribution in [0.3, 0.4) is 0 Å². The third-order valence-corrected chi connectivity index (χ3v) is 2.63. The quantitative estimate of drug-likeness (QED) is 0.790. The normalized spacial score (nSPS) is 22.8. The van der Waals surface area contributed by atoms with E-state index in [0.29, 0.717) is 6.42 Å². The van der Waals surface area contributed by atoms with Gasteiger partial charge in [-0.1, -0.05) is 30.3 Å². The predicted octanol–water partition coefficient (Wildman–Crippen LogP) is 0.879. The van der Waals surface area contributed by atoms with Crippen molar-refractivity contribution >= 4 is 12.1 Å². The molecule has 1 heterocycles. The van der Waals surface area contributed by atoms with Gasteiger partial charge in [-0.15, -0.1) is 0 Å². The summed E-state index contributed by atoms with van der Waals surface area (Å²) in [5, 5.41) is 2.61. The van der Waals surface area contributed by atoms with Crippen molar-refractivity contribution < 1.29 is 19.1 Å². The van der Waals surface area contributed by atoms with Gasteiger partial charge in [-0.25, -0.2) is 9.59 Å². The van der Waals surface area contributed by atoms with Gasteiger partial charge in [0.15, 0.2) is 0 Å². The van der Waals surface area contributed by atoms with Crippen molar-refractivity contribution in [3.8, 4) is 0 Å². The Morgan fingerprint density at radius 1 is 1.41 bits per heavy atom. The van der Waals surface area contributed by atoms with E-state index < -0.39 is 18.2 Å². The largest absolute Gasteiger partial charge is 0.466 e. The van der Waals surface area contributed by atoms with E-state index in [2.05, 4.69) is 10.1 Å². The molecule has 0 bridgehead atoms. The van der Waals surface area contributed by atoms with Crippen LogP contribution >= 0.6 is 0 Å². The van der Waals surface area contributed by atoms with Crippen molar-refractivity contribution in [2.75, 3.05) is 7.11 Å². The second-order valence-corrected chi connectivity index (χ2v) is 3.79. The van der Waals surface area contributed by atoms with Crippen LogP contribution < -0.4 is 5.32 Å². The van der Waals surface area contributed by atoms with E-state index >= 15 is 0 Å². The lowest BCUT2D eigenvalue weighted by atomic mass is 10.0. The first-order chi connectivity index (χ1) is 8.20. The minimum atomic E-state index is -0.868. The number of hydrogen-bond donors (Lipinski definition) is 1. The van der Waals surface area contributed by atoms with Crippen LogP contribution in [-0.2, 0) is 20.7 Å². The molecule has 1 aromatic carbocycles. The van der Waals surface area contributed by atoms with E-state index in [4.69, 9.17) is 4.74 Å². The van der Waals surface area contributed by atoms with Gasteiger partial charge in [0, 0.05) is 0 Å². The lowest BCUT2D eigenvalue weighted by molar-refractivity contribution is -0.149. The molecule has 0 aliphatic carbocycles. The molecule has 0 aromatic heterocycles.